The highest BCUT2D eigenvalue weighted by atomic mass is 32.2. The van der Waals surface area contributed by atoms with Gasteiger partial charge in [-0.05, 0) is 19.3 Å². The van der Waals surface area contributed by atoms with Crippen LogP contribution >= 0.6 is 11.8 Å². The number of hydrogen-bond acceptors (Lipinski definition) is 2. The van der Waals surface area contributed by atoms with Gasteiger partial charge in [-0.2, -0.15) is 0 Å². The molecule has 0 aromatic rings. The van der Waals surface area contributed by atoms with E-state index in [1.807, 2.05) is 0 Å². The van der Waals surface area contributed by atoms with E-state index in [9.17, 15) is 4.79 Å². The van der Waals surface area contributed by atoms with Gasteiger partial charge in [0.15, 0.2) is 5.12 Å². The van der Waals surface area contributed by atoms with Crippen molar-refractivity contribution in [2.75, 3.05) is 0 Å². The van der Waals surface area contributed by atoms with Crippen LogP contribution in [0.25, 0.3) is 0 Å². The van der Waals surface area contributed by atoms with Gasteiger partial charge in [-0.15, -0.1) is 0 Å². The maximum absolute atomic E-state index is 11.9. The molecule has 0 unspecified atom stereocenters. The lowest BCUT2D eigenvalue weighted by Crippen LogP contribution is -2.07. The standard InChI is InChI=1S/C19H38OS/c1-4-7-9-11-13-16-18(21-19(20)15-6-3)17-14-12-10-8-5-2/h18H,4-17H2,1-3H3. The first-order chi connectivity index (χ1) is 10.2. The average Bonchev–Trinajstić information content (AvgIpc) is 2.46. The van der Waals surface area contributed by atoms with Crippen molar-refractivity contribution in [3.8, 4) is 0 Å². The van der Waals surface area contributed by atoms with E-state index in [1.165, 1.54) is 77.0 Å². The molecule has 0 saturated heterocycles. The minimum atomic E-state index is 0.421. The van der Waals surface area contributed by atoms with Gasteiger partial charge in [0.05, 0.1) is 0 Å². The molecule has 0 aliphatic carbocycles. The fourth-order valence-corrected chi connectivity index (χ4v) is 3.93. The Kier molecular flexibility index (Phi) is 16.4. The zero-order valence-corrected chi connectivity index (χ0v) is 15.6. The smallest absolute Gasteiger partial charge is 0.189 e. The van der Waals surface area contributed by atoms with Crippen molar-refractivity contribution in [3.05, 3.63) is 0 Å². The van der Waals surface area contributed by atoms with Gasteiger partial charge in [0.25, 0.3) is 0 Å². The summed E-state index contributed by atoms with van der Waals surface area (Å²) in [5, 5.41) is 1.01. The molecule has 0 aliphatic heterocycles. The van der Waals surface area contributed by atoms with E-state index in [0.717, 1.165) is 12.8 Å². The quantitative estimate of drug-likeness (QED) is 0.299. The Morgan fingerprint density at radius 3 is 1.62 bits per heavy atom. The van der Waals surface area contributed by atoms with Gasteiger partial charge in [-0.3, -0.25) is 4.79 Å². The maximum atomic E-state index is 11.9. The number of rotatable bonds is 15. The topological polar surface area (TPSA) is 17.1 Å². The maximum Gasteiger partial charge on any atom is 0.189 e. The average molecular weight is 315 g/mol. The lowest BCUT2D eigenvalue weighted by Gasteiger charge is -2.15. The SMILES string of the molecule is CCCCCCCC(CCCCCCC)SC(=O)CCC. The first-order valence-corrected chi connectivity index (χ1v) is 10.3. The van der Waals surface area contributed by atoms with Gasteiger partial charge in [0.1, 0.15) is 0 Å². The Bertz CT molecular complexity index is 214. The molecule has 0 rings (SSSR count). The van der Waals surface area contributed by atoms with Gasteiger partial charge in [-0.25, -0.2) is 0 Å². The van der Waals surface area contributed by atoms with Crippen molar-refractivity contribution in [3.63, 3.8) is 0 Å². The van der Waals surface area contributed by atoms with Crippen LogP contribution in [0.4, 0.5) is 0 Å². The third-order valence-corrected chi connectivity index (χ3v) is 5.28. The van der Waals surface area contributed by atoms with E-state index in [1.54, 1.807) is 11.8 Å². The first kappa shape index (κ1) is 21.0. The van der Waals surface area contributed by atoms with Crippen molar-refractivity contribution in [1.82, 2.24) is 0 Å². The van der Waals surface area contributed by atoms with E-state index in [0.29, 0.717) is 10.4 Å². The van der Waals surface area contributed by atoms with Crippen LogP contribution in [0.2, 0.25) is 0 Å². The summed E-state index contributed by atoms with van der Waals surface area (Å²) in [6, 6.07) is 0. The third-order valence-electron chi connectivity index (χ3n) is 4.01. The van der Waals surface area contributed by atoms with E-state index < -0.39 is 0 Å². The van der Waals surface area contributed by atoms with Crippen molar-refractivity contribution in [2.45, 2.75) is 116 Å². The summed E-state index contributed by atoms with van der Waals surface area (Å²) in [4.78, 5) is 11.9. The predicted molar refractivity (Wildman–Crippen MR) is 98.0 cm³/mol. The molecule has 0 aromatic heterocycles. The van der Waals surface area contributed by atoms with Gasteiger partial charge < -0.3 is 0 Å². The second kappa shape index (κ2) is 16.4. The lowest BCUT2D eigenvalue weighted by atomic mass is 10.0. The molecule has 2 heteroatoms. The second-order valence-electron chi connectivity index (χ2n) is 6.27. The number of carbonyl (C=O) groups excluding carboxylic acids is 1. The highest BCUT2D eigenvalue weighted by molar-refractivity contribution is 8.14. The van der Waals surface area contributed by atoms with Crippen LogP contribution < -0.4 is 0 Å². The normalized spacial score (nSPS) is 11.2. The summed E-state index contributed by atoms with van der Waals surface area (Å²) in [5.41, 5.74) is 0. The molecular weight excluding hydrogens is 276 g/mol. The van der Waals surface area contributed by atoms with Crippen molar-refractivity contribution >= 4 is 16.9 Å². The fraction of sp³-hybridized carbons (Fsp3) is 0.947. The molecule has 1 nitrogen and oxygen atoms in total. The molecule has 0 spiro atoms. The monoisotopic (exact) mass is 314 g/mol. The minimum Gasteiger partial charge on any atom is -0.287 e. The molecule has 0 N–H and O–H groups in total. The Morgan fingerprint density at radius 2 is 1.19 bits per heavy atom. The Balaban J connectivity index is 3.88. The van der Waals surface area contributed by atoms with Gasteiger partial charge in [0, 0.05) is 11.7 Å². The van der Waals surface area contributed by atoms with Crippen LogP contribution in [0.15, 0.2) is 0 Å². The minimum absolute atomic E-state index is 0.421. The molecule has 0 radical (unpaired) electrons. The zero-order chi connectivity index (χ0) is 15.8. The fourth-order valence-electron chi connectivity index (χ4n) is 2.66. The van der Waals surface area contributed by atoms with Crippen molar-refractivity contribution in [2.24, 2.45) is 0 Å². The molecule has 0 aromatic carbocycles. The summed E-state index contributed by atoms with van der Waals surface area (Å²) >= 11 is 1.66. The summed E-state index contributed by atoms with van der Waals surface area (Å²) in [6.45, 7) is 6.62. The third kappa shape index (κ3) is 14.7. The van der Waals surface area contributed by atoms with Gasteiger partial charge in [-0.1, -0.05) is 96.7 Å². The van der Waals surface area contributed by atoms with Crippen LogP contribution in [-0.2, 0) is 4.79 Å². The van der Waals surface area contributed by atoms with Crippen LogP contribution in [0.3, 0.4) is 0 Å². The van der Waals surface area contributed by atoms with E-state index in [-0.39, 0.29) is 0 Å². The molecule has 0 heterocycles. The number of hydrogen-bond donors (Lipinski definition) is 0. The molecule has 0 atom stereocenters. The number of carbonyl (C=O) groups is 1. The highest BCUT2D eigenvalue weighted by Crippen LogP contribution is 2.26. The summed E-state index contributed by atoms with van der Waals surface area (Å²) in [5.74, 6) is 0. The van der Waals surface area contributed by atoms with E-state index in [2.05, 4.69) is 20.8 Å². The summed E-state index contributed by atoms with van der Waals surface area (Å²) in [6.07, 6.45) is 17.7. The Morgan fingerprint density at radius 1 is 0.714 bits per heavy atom. The van der Waals surface area contributed by atoms with Gasteiger partial charge >= 0.3 is 0 Å². The zero-order valence-electron chi connectivity index (χ0n) is 14.8. The second-order valence-corrected chi connectivity index (χ2v) is 7.63. The van der Waals surface area contributed by atoms with Crippen molar-refractivity contribution < 1.29 is 4.79 Å². The molecule has 0 saturated carbocycles. The predicted octanol–water partition coefficient (Wildman–Crippen LogP) is 7.14. The van der Waals surface area contributed by atoms with Crippen LogP contribution in [0.5, 0.6) is 0 Å². The molecule has 21 heavy (non-hydrogen) atoms. The highest BCUT2D eigenvalue weighted by Gasteiger charge is 2.13. The van der Waals surface area contributed by atoms with Crippen LogP contribution in [0.1, 0.15) is 111 Å². The largest absolute Gasteiger partial charge is 0.287 e. The molecule has 0 fully saturated rings. The van der Waals surface area contributed by atoms with Crippen molar-refractivity contribution in [1.29, 1.82) is 0 Å². The van der Waals surface area contributed by atoms with Gasteiger partial charge in [0.2, 0.25) is 0 Å². The molecule has 0 amide bonds. The first-order valence-electron chi connectivity index (χ1n) is 9.44. The Hall–Kier alpha value is 0.0200. The number of thioether (sulfide) groups is 1. The molecule has 0 bridgehead atoms. The van der Waals surface area contributed by atoms with E-state index in [4.69, 9.17) is 0 Å². The molecule has 126 valence electrons. The Labute approximate surface area is 138 Å². The molecule has 0 aliphatic rings. The molecular formula is C19H38OS. The van der Waals surface area contributed by atoms with Crippen LogP contribution in [-0.4, -0.2) is 10.4 Å². The lowest BCUT2D eigenvalue weighted by molar-refractivity contribution is -0.111. The van der Waals surface area contributed by atoms with Crippen LogP contribution in [0, 0.1) is 0 Å². The number of unbranched alkanes of at least 4 members (excludes halogenated alkanes) is 8. The summed E-state index contributed by atoms with van der Waals surface area (Å²) in [7, 11) is 0. The van der Waals surface area contributed by atoms with E-state index >= 15 is 0 Å². The summed E-state index contributed by atoms with van der Waals surface area (Å²) < 4.78 is 0.